The van der Waals surface area contributed by atoms with Gasteiger partial charge in [0, 0.05) is 33.1 Å². The van der Waals surface area contributed by atoms with Crippen LogP contribution in [0.2, 0.25) is 0 Å². The number of nitrogens with one attached hydrogen (secondary N) is 1. The van der Waals surface area contributed by atoms with Crippen molar-refractivity contribution in [2.75, 3.05) is 33.4 Å². The molecule has 1 aromatic rings. The number of methoxy groups -OCH3 is 1. The Morgan fingerprint density at radius 3 is 2.85 bits per heavy atom. The predicted molar refractivity (Wildman–Crippen MR) is 76.7 cm³/mol. The van der Waals surface area contributed by atoms with Crippen LogP contribution in [0.3, 0.4) is 0 Å². The molecule has 0 saturated carbocycles. The molecule has 110 valence electrons. The van der Waals surface area contributed by atoms with Crippen LogP contribution in [0.1, 0.15) is 12.5 Å². The van der Waals surface area contributed by atoms with Crippen molar-refractivity contribution in [1.29, 1.82) is 0 Å². The summed E-state index contributed by atoms with van der Waals surface area (Å²) >= 11 is 0. The van der Waals surface area contributed by atoms with Crippen LogP contribution in [0, 0.1) is 0 Å². The SMILES string of the molecule is COc1ccc(CN2CCOC(CNC(C)=O)C2)cc1. The van der Waals surface area contributed by atoms with E-state index in [4.69, 9.17) is 9.47 Å². The van der Waals surface area contributed by atoms with Crippen molar-refractivity contribution in [2.45, 2.75) is 19.6 Å². The molecule has 0 aromatic heterocycles. The third-order valence-electron chi connectivity index (χ3n) is 3.37. The number of hydrogen-bond donors (Lipinski definition) is 1. The van der Waals surface area contributed by atoms with Crippen LogP contribution < -0.4 is 10.1 Å². The molecule has 0 radical (unpaired) electrons. The molecular weight excluding hydrogens is 256 g/mol. The Morgan fingerprint density at radius 2 is 2.20 bits per heavy atom. The molecular formula is C15H22N2O3. The average Bonchev–Trinajstić information content (AvgIpc) is 2.46. The number of rotatable bonds is 5. The molecule has 1 aliphatic heterocycles. The van der Waals surface area contributed by atoms with Crippen LogP contribution >= 0.6 is 0 Å². The van der Waals surface area contributed by atoms with Crippen LogP contribution in [0.5, 0.6) is 5.75 Å². The van der Waals surface area contributed by atoms with Crippen LogP contribution in [0.4, 0.5) is 0 Å². The zero-order chi connectivity index (χ0) is 14.4. The monoisotopic (exact) mass is 278 g/mol. The molecule has 1 fully saturated rings. The minimum Gasteiger partial charge on any atom is -0.497 e. The van der Waals surface area contributed by atoms with Gasteiger partial charge < -0.3 is 14.8 Å². The van der Waals surface area contributed by atoms with E-state index >= 15 is 0 Å². The summed E-state index contributed by atoms with van der Waals surface area (Å²) in [6.45, 7) is 5.46. The smallest absolute Gasteiger partial charge is 0.216 e. The van der Waals surface area contributed by atoms with Gasteiger partial charge in [0.05, 0.1) is 19.8 Å². The highest BCUT2D eigenvalue weighted by molar-refractivity contribution is 5.72. The van der Waals surface area contributed by atoms with Crippen molar-refractivity contribution in [1.82, 2.24) is 10.2 Å². The number of hydrogen-bond acceptors (Lipinski definition) is 4. The predicted octanol–water partition coefficient (Wildman–Crippen LogP) is 1.03. The van der Waals surface area contributed by atoms with E-state index in [1.807, 2.05) is 12.1 Å². The molecule has 0 spiro atoms. The van der Waals surface area contributed by atoms with Crippen molar-refractivity contribution in [3.8, 4) is 5.75 Å². The number of morpholine rings is 1. The van der Waals surface area contributed by atoms with E-state index in [1.54, 1.807) is 7.11 Å². The van der Waals surface area contributed by atoms with Crippen LogP contribution in [-0.2, 0) is 16.1 Å². The highest BCUT2D eigenvalue weighted by Crippen LogP contribution is 2.14. The van der Waals surface area contributed by atoms with Crippen molar-refractivity contribution in [3.05, 3.63) is 29.8 Å². The lowest BCUT2D eigenvalue weighted by molar-refractivity contribution is -0.120. The number of benzene rings is 1. The lowest BCUT2D eigenvalue weighted by Gasteiger charge is -2.33. The summed E-state index contributed by atoms with van der Waals surface area (Å²) in [5.41, 5.74) is 1.26. The Balaban J connectivity index is 1.83. The molecule has 5 nitrogen and oxygen atoms in total. The first-order valence-electron chi connectivity index (χ1n) is 6.88. The molecule has 1 saturated heterocycles. The zero-order valence-electron chi connectivity index (χ0n) is 12.1. The Morgan fingerprint density at radius 1 is 1.45 bits per heavy atom. The maximum Gasteiger partial charge on any atom is 0.216 e. The van der Waals surface area contributed by atoms with Gasteiger partial charge in [-0.05, 0) is 17.7 Å². The highest BCUT2D eigenvalue weighted by atomic mass is 16.5. The Bertz CT molecular complexity index is 433. The standard InChI is InChI=1S/C15H22N2O3/c1-12(18)16-9-15-11-17(7-8-20-15)10-13-3-5-14(19-2)6-4-13/h3-6,15H,7-11H2,1-2H3,(H,16,18). The second-order valence-corrected chi connectivity index (χ2v) is 5.01. The van der Waals surface area contributed by atoms with E-state index in [-0.39, 0.29) is 12.0 Å². The summed E-state index contributed by atoms with van der Waals surface area (Å²) in [5.74, 6) is 0.861. The third-order valence-corrected chi connectivity index (χ3v) is 3.37. The summed E-state index contributed by atoms with van der Waals surface area (Å²) in [7, 11) is 1.67. The van der Waals surface area contributed by atoms with Crippen molar-refractivity contribution in [3.63, 3.8) is 0 Å². The van der Waals surface area contributed by atoms with E-state index < -0.39 is 0 Å². The molecule has 2 rings (SSSR count). The van der Waals surface area contributed by atoms with Crippen LogP contribution in [-0.4, -0.2) is 50.3 Å². The van der Waals surface area contributed by atoms with Gasteiger partial charge in [-0.3, -0.25) is 9.69 Å². The first-order chi connectivity index (χ1) is 9.67. The van der Waals surface area contributed by atoms with E-state index in [2.05, 4.69) is 22.3 Å². The van der Waals surface area contributed by atoms with E-state index in [0.29, 0.717) is 13.2 Å². The number of carbonyl (C=O) groups excluding carboxylic acids is 1. The largest absolute Gasteiger partial charge is 0.497 e. The average molecular weight is 278 g/mol. The lowest BCUT2D eigenvalue weighted by atomic mass is 10.2. The summed E-state index contributed by atoms with van der Waals surface area (Å²) in [6.07, 6.45) is 0.0749. The molecule has 20 heavy (non-hydrogen) atoms. The van der Waals surface area contributed by atoms with Gasteiger partial charge in [0.1, 0.15) is 5.75 Å². The third kappa shape index (κ3) is 4.51. The quantitative estimate of drug-likeness (QED) is 0.874. The maximum absolute atomic E-state index is 10.9. The summed E-state index contributed by atoms with van der Waals surface area (Å²) in [6, 6.07) is 8.11. The van der Waals surface area contributed by atoms with E-state index in [9.17, 15) is 4.79 Å². The first-order valence-corrected chi connectivity index (χ1v) is 6.88. The van der Waals surface area contributed by atoms with E-state index in [0.717, 1.165) is 25.4 Å². The zero-order valence-corrected chi connectivity index (χ0v) is 12.1. The fourth-order valence-electron chi connectivity index (χ4n) is 2.29. The van der Waals surface area contributed by atoms with Crippen molar-refractivity contribution >= 4 is 5.91 Å². The fraction of sp³-hybridized carbons (Fsp3) is 0.533. The van der Waals surface area contributed by atoms with Crippen LogP contribution in [0.15, 0.2) is 24.3 Å². The summed E-state index contributed by atoms with van der Waals surface area (Å²) in [5, 5.41) is 2.81. The number of nitrogens with zero attached hydrogens (tertiary/aromatic N) is 1. The summed E-state index contributed by atoms with van der Waals surface area (Å²) < 4.78 is 10.8. The molecule has 0 bridgehead atoms. The molecule has 1 atom stereocenters. The highest BCUT2D eigenvalue weighted by Gasteiger charge is 2.20. The second kappa shape index (κ2) is 7.26. The van der Waals surface area contributed by atoms with Crippen LogP contribution in [0.25, 0.3) is 0 Å². The number of ether oxygens (including phenoxy) is 2. The molecule has 1 aromatic carbocycles. The van der Waals surface area contributed by atoms with E-state index in [1.165, 1.54) is 12.5 Å². The van der Waals surface area contributed by atoms with Gasteiger partial charge in [-0.15, -0.1) is 0 Å². The Kier molecular flexibility index (Phi) is 5.38. The van der Waals surface area contributed by atoms with Crippen molar-refractivity contribution in [2.24, 2.45) is 0 Å². The molecule has 0 aliphatic carbocycles. The summed E-state index contributed by atoms with van der Waals surface area (Å²) in [4.78, 5) is 13.3. The Hall–Kier alpha value is -1.59. The number of amides is 1. The van der Waals surface area contributed by atoms with Gasteiger partial charge in [-0.25, -0.2) is 0 Å². The molecule has 1 amide bonds. The minimum absolute atomic E-state index is 0.0131. The van der Waals surface area contributed by atoms with Gasteiger partial charge in [0.25, 0.3) is 0 Å². The van der Waals surface area contributed by atoms with Gasteiger partial charge in [0.15, 0.2) is 0 Å². The molecule has 1 heterocycles. The minimum atomic E-state index is -0.0131. The van der Waals surface area contributed by atoms with Gasteiger partial charge in [-0.2, -0.15) is 0 Å². The molecule has 1 N–H and O–H groups in total. The van der Waals surface area contributed by atoms with Crippen molar-refractivity contribution < 1.29 is 14.3 Å². The number of carbonyl (C=O) groups is 1. The Labute approximate surface area is 119 Å². The first kappa shape index (κ1) is 14.8. The lowest BCUT2D eigenvalue weighted by Crippen LogP contribution is -2.46. The van der Waals surface area contributed by atoms with Gasteiger partial charge in [-0.1, -0.05) is 12.1 Å². The fourth-order valence-corrected chi connectivity index (χ4v) is 2.29. The topological polar surface area (TPSA) is 50.8 Å². The van der Waals surface area contributed by atoms with Gasteiger partial charge in [0.2, 0.25) is 5.91 Å². The molecule has 1 unspecified atom stereocenters. The van der Waals surface area contributed by atoms with Gasteiger partial charge >= 0.3 is 0 Å². The molecule has 5 heteroatoms. The molecule has 1 aliphatic rings. The maximum atomic E-state index is 10.9. The second-order valence-electron chi connectivity index (χ2n) is 5.01. The normalized spacial score (nSPS) is 19.6.